The zero-order valence-corrected chi connectivity index (χ0v) is 11.0. The highest BCUT2D eigenvalue weighted by molar-refractivity contribution is 5.94. The summed E-state index contributed by atoms with van der Waals surface area (Å²) in [6, 6.07) is 10.2. The van der Waals surface area contributed by atoms with Crippen LogP contribution >= 0.6 is 0 Å². The number of carbonyl (C=O) groups excluding carboxylic acids is 1. The lowest BCUT2D eigenvalue weighted by molar-refractivity contribution is 0.0937. The topological polar surface area (TPSA) is 97.9 Å². The Balaban J connectivity index is 2.61. The van der Waals surface area contributed by atoms with Crippen molar-refractivity contribution in [2.45, 2.75) is 0 Å². The van der Waals surface area contributed by atoms with Gasteiger partial charge in [-0.15, -0.1) is 0 Å². The van der Waals surface area contributed by atoms with E-state index in [2.05, 4.69) is 10.6 Å². The lowest BCUT2D eigenvalue weighted by Crippen LogP contribution is -2.26. The number of rotatable bonds is 6. The van der Waals surface area contributed by atoms with Crippen molar-refractivity contribution in [2.24, 2.45) is 0 Å². The molecular formula is C14H14N4O2. The van der Waals surface area contributed by atoms with Gasteiger partial charge in [0.15, 0.2) is 0 Å². The first-order chi connectivity index (χ1) is 9.71. The molecule has 0 aliphatic rings. The zero-order chi connectivity index (χ0) is 14.8. The summed E-state index contributed by atoms with van der Waals surface area (Å²) in [6.45, 7) is 0.910. The van der Waals surface area contributed by atoms with Gasteiger partial charge >= 0.3 is 0 Å². The van der Waals surface area contributed by atoms with Crippen LogP contribution in [0.25, 0.3) is 0 Å². The van der Waals surface area contributed by atoms with Crippen molar-refractivity contribution in [1.29, 1.82) is 10.5 Å². The fraction of sp³-hybridized carbons (Fsp3) is 0.214. The molecule has 0 saturated carbocycles. The van der Waals surface area contributed by atoms with Gasteiger partial charge in [-0.2, -0.15) is 10.5 Å². The molecule has 20 heavy (non-hydrogen) atoms. The molecule has 0 spiro atoms. The highest BCUT2D eigenvalue weighted by Crippen LogP contribution is 2.10. The molecule has 0 unspecified atom stereocenters. The minimum atomic E-state index is -0.182. The van der Waals surface area contributed by atoms with Crippen LogP contribution in [-0.2, 0) is 4.74 Å². The number of nitrogens with zero attached hydrogens (tertiary/aromatic N) is 2. The second-order valence-corrected chi connectivity index (χ2v) is 3.75. The minimum absolute atomic E-state index is 0.0219. The van der Waals surface area contributed by atoms with Crippen molar-refractivity contribution in [1.82, 2.24) is 5.32 Å². The largest absolute Gasteiger partial charge is 0.383 e. The van der Waals surface area contributed by atoms with E-state index in [0.29, 0.717) is 24.4 Å². The maximum atomic E-state index is 11.7. The molecule has 2 N–H and O–H groups in total. The molecule has 1 amide bonds. The summed E-state index contributed by atoms with van der Waals surface area (Å²) < 4.78 is 4.84. The third kappa shape index (κ3) is 4.81. The second kappa shape index (κ2) is 8.30. The average molecular weight is 270 g/mol. The maximum Gasteiger partial charge on any atom is 0.251 e. The van der Waals surface area contributed by atoms with Crippen LogP contribution in [0.4, 0.5) is 5.69 Å². The van der Waals surface area contributed by atoms with E-state index in [4.69, 9.17) is 15.3 Å². The Kier molecular flexibility index (Phi) is 6.32. The smallest absolute Gasteiger partial charge is 0.251 e. The van der Waals surface area contributed by atoms with E-state index in [1.54, 1.807) is 43.5 Å². The normalized spacial score (nSPS) is 8.95. The first-order valence-corrected chi connectivity index (χ1v) is 5.85. The number of hydrogen-bond acceptors (Lipinski definition) is 5. The van der Waals surface area contributed by atoms with E-state index in [1.807, 2.05) is 0 Å². The summed E-state index contributed by atoms with van der Waals surface area (Å²) in [5.74, 6) is -0.182. The third-order valence-corrected chi connectivity index (χ3v) is 2.36. The minimum Gasteiger partial charge on any atom is -0.383 e. The number of carbonyl (C=O) groups is 1. The Labute approximate surface area is 117 Å². The Bertz CT molecular complexity index is 548. The number of amides is 1. The Hall–Kier alpha value is -2.83. The van der Waals surface area contributed by atoms with E-state index >= 15 is 0 Å². The molecule has 1 aromatic carbocycles. The van der Waals surface area contributed by atoms with Gasteiger partial charge in [0.2, 0.25) is 0 Å². The van der Waals surface area contributed by atoms with E-state index < -0.39 is 0 Å². The molecule has 6 heteroatoms. The summed E-state index contributed by atoms with van der Waals surface area (Å²) in [6.07, 6.45) is 1.31. The van der Waals surface area contributed by atoms with Crippen LogP contribution in [0.1, 0.15) is 10.4 Å². The van der Waals surface area contributed by atoms with Crippen LogP contribution in [-0.4, -0.2) is 26.2 Å². The van der Waals surface area contributed by atoms with Gasteiger partial charge in [-0.1, -0.05) is 0 Å². The van der Waals surface area contributed by atoms with Gasteiger partial charge < -0.3 is 15.4 Å². The van der Waals surface area contributed by atoms with E-state index in [9.17, 15) is 4.79 Å². The van der Waals surface area contributed by atoms with Crippen molar-refractivity contribution >= 4 is 11.6 Å². The predicted molar refractivity (Wildman–Crippen MR) is 73.6 cm³/mol. The van der Waals surface area contributed by atoms with Crippen molar-refractivity contribution in [3.05, 3.63) is 41.6 Å². The summed E-state index contributed by atoms with van der Waals surface area (Å²) in [7, 11) is 1.57. The van der Waals surface area contributed by atoms with Crippen molar-refractivity contribution < 1.29 is 9.53 Å². The fourth-order valence-corrected chi connectivity index (χ4v) is 1.33. The van der Waals surface area contributed by atoms with E-state index in [0.717, 1.165) is 0 Å². The standard InChI is InChI=1S/C14H14N4O2/c1-20-7-6-17-14(19)12-2-4-13(5-3-12)18-10-11(8-15)9-16/h2-5,10,18H,6-7H2,1H3,(H,17,19). The maximum absolute atomic E-state index is 11.7. The number of allylic oxidation sites excluding steroid dienone is 1. The Morgan fingerprint density at radius 2 is 1.95 bits per heavy atom. The van der Waals surface area contributed by atoms with Crippen LogP contribution in [0.2, 0.25) is 0 Å². The first-order valence-electron chi connectivity index (χ1n) is 5.85. The SMILES string of the molecule is COCCNC(=O)c1ccc(NC=C(C#N)C#N)cc1. The highest BCUT2D eigenvalue weighted by Gasteiger charge is 2.04. The van der Waals surface area contributed by atoms with Gasteiger partial charge in [0.25, 0.3) is 5.91 Å². The molecule has 102 valence electrons. The number of benzene rings is 1. The molecule has 0 saturated heterocycles. The van der Waals surface area contributed by atoms with Crippen LogP contribution in [0.3, 0.4) is 0 Å². The number of hydrogen-bond donors (Lipinski definition) is 2. The fourth-order valence-electron chi connectivity index (χ4n) is 1.33. The monoisotopic (exact) mass is 270 g/mol. The summed E-state index contributed by atoms with van der Waals surface area (Å²) in [5.41, 5.74) is 1.18. The number of methoxy groups -OCH3 is 1. The molecule has 0 radical (unpaired) electrons. The van der Waals surface area contributed by atoms with Crippen molar-refractivity contribution in [3.8, 4) is 12.1 Å². The molecule has 0 atom stereocenters. The van der Waals surface area contributed by atoms with Crippen molar-refractivity contribution in [2.75, 3.05) is 25.6 Å². The van der Waals surface area contributed by atoms with Crippen LogP contribution in [0, 0.1) is 22.7 Å². The second-order valence-electron chi connectivity index (χ2n) is 3.75. The van der Waals surface area contributed by atoms with Gasteiger partial charge in [0.05, 0.1) is 6.61 Å². The number of anilines is 1. The Morgan fingerprint density at radius 3 is 2.50 bits per heavy atom. The van der Waals surface area contributed by atoms with Gasteiger partial charge in [-0.25, -0.2) is 0 Å². The molecular weight excluding hydrogens is 256 g/mol. The summed E-state index contributed by atoms with van der Waals surface area (Å²) >= 11 is 0. The highest BCUT2D eigenvalue weighted by atomic mass is 16.5. The molecule has 6 nitrogen and oxygen atoms in total. The lowest BCUT2D eigenvalue weighted by atomic mass is 10.2. The number of ether oxygens (including phenoxy) is 1. The molecule has 0 aromatic heterocycles. The molecule has 1 aromatic rings. The van der Waals surface area contributed by atoms with E-state index in [-0.39, 0.29) is 11.5 Å². The molecule has 1 rings (SSSR count). The quantitative estimate of drug-likeness (QED) is 0.601. The molecule has 0 fully saturated rings. The Morgan fingerprint density at radius 1 is 1.30 bits per heavy atom. The zero-order valence-electron chi connectivity index (χ0n) is 11.0. The lowest BCUT2D eigenvalue weighted by Gasteiger charge is -2.05. The van der Waals surface area contributed by atoms with E-state index in [1.165, 1.54) is 6.20 Å². The number of nitriles is 2. The summed E-state index contributed by atoms with van der Waals surface area (Å²) in [5, 5.41) is 22.7. The van der Waals surface area contributed by atoms with Gasteiger partial charge in [-0.05, 0) is 24.3 Å². The molecule has 0 bridgehead atoms. The van der Waals surface area contributed by atoms with Gasteiger partial charge in [-0.3, -0.25) is 4.79 Å². The van der Waals surface area contributed by atoms with Crippen molar-refractivity contribution in [3.63, 3.8) is 0 Å². The number of nitrogens with one attached hydrogen (secondary N) is 2. The first kappa shape index (κ1) is 15.2. The third-order valence-electron chi connectivity index (χ3n) is 2.36. The van der Waals surface area contributed by atoms with Crippen LogP contribution < -0.4 is 10.6 Å². The average Bonchev–Trinajstić information content (AvgIpc) is 2.49. The molecule has 0 aliphatic heterocycles. The van der Waals surface area contributed by atoms with Gasteiger partial charge in [0.1, 0.15) is 17.7 Å². The van der Waals surface area contributed by atoms with Crippen LogP contribution in [0.5, 0.6) is 0 Å². The molecule has 0 heterocycles. The van der Waals surface area contributed by atoms with Gasteiger partial charge in [0, 0.05) is 31.1 Å². The molecule has 0 aliphatic carbocycles. The van der Waals surface area contributed by atoms with Crippen LogP contribution in [0.15, 0.2) is 36.0 Å². The summed E-state index contributed by atoms with van der Waals surface area (Å²) in [4.78, 5) is 11.7. The predicted octanol–water partition coefficient (Wildman–Crippen LogP) is 1.41.